The van der Waals surface area contributed by atoms with Crippen LogP contribution in [0.3, 0.4) is 0 Å². The lowest BCUT2D eigenvalue weighted by Gasteiger charge is -2.42. The summed E-state index contributed by atoms with van der Waals surface area (Å²) < 4.78 is 29.7. The molecule has 0 aromatic heterocycles. The maximum absolute atomic E-state index is 14.4. The van der Waals surface area contributed by atoms with E-state index in [4.69, 9.17) is 23.7 Å². The molecule has 2 bridgehead atoms. The van der Waals surface area contributed by atoms with E-state index >= 15 is 0 Å². The van der Waals surface area contributed by atoms with Crippen molar-refractivity contribution in [2.24, 2.45) is 41.4 Å². The van der Waals surface area contributed by atoms with Gasteiger partial charge in [0.05, 0.1) is 18.3 Å². The molecule has 2 unspecified atom stereocenters. The van der Waals surface area contributed by atoms with Crippen molar-refractivity contribution in [3.63, 3.8) is 0 Å². The van der Waals surface area contributed by atoms with Gasteiger partial charge in [-0.05, 0) is 113 Å². The Morgan fingerprint density at radius 1 is 0.846 bits per heavy atom. The first kappa shape index (κ1) is 54.3. The number of ketones is 3. The lowest BCUT2D eigenvalue weighted by molar-refractivity contribution is -0.265. The van der Waals surface area contributed by atoms with Crippen molar-refractivity contribution < 1.29 is 57.9 Å². The third-order valence-electron chi connectivity index (χ3n) is 14.8. The minimum absolute atomic E-state index is 0.0304. The molecule has 13 nitrogen and oxygen atoms in total. The Labute approximate surface area is 388 Å². The highest BCUT2D eigenvalue weighted by molar-refractivity contribution is 6.39. The molecule has 3 heterocycles. The van der Waals surface area contributed by atoms with Crippen LogP contribution < -0.4 is 0 Å². The Morgan fingerprint density at radius 3 is 2.25 bits per heavy atom. The number of aliphatic hydroxyl groups excluding tert-OH is 1. The lowest BCUT2D eigenvalue weighted by Crippen LogP contribution is -2.61. The van der Waals surface area contributed by atoms with Crippen LogP contribution in [0.15, 0.2) is 47.6 Å². The topological polar surface area (TPSA) is 175 Å². The fourth-order valence-electron chi connectivity index (χ4n) is 10.4. The molecule has 366 valence electrons. The number of amides is 1. The molecule has 1 aliphatic carbocycles. The standard InChI is InChI=1S/C52H81NO12/c1-31-17-13-12-14-18-32(2)44(62-10)29-40-23-21-38(8)52(60,65-40)49(57)50(58)53-24-16-15-19-41(53)51(59)64-45(35(5)27-39-22-20-33(3)43(28-39)61-9)30-42(54)34(4)26-37(7)47(56)48(63-11)46(55)36(6)25-31/h12-14,17-18,26,31,33-36,38-41,43-45,47-48,56,60H,15-16,19-25,27-30H2,1-11H3/b14-12+,17-13+,32-18+,37-26+/t31?,33-,34+,35+,36-,38?,39-,40-,41-,43+,44-,45-,47+,48-,52+/m0/s1. The quantitative estimate of drug-likeness (QED) is 0.153. The van der Waals surface area contributed by atoms with Crippen molar-refractivity contribution >= 4 is 29.2 Å². The summed E-state index contributed by atoms with van der Waals surface area (Å²) in [5.41, 5.74) is 1.30. The number of Topliss-reactive ketones (excluding diaryl/α,β-unsaturated/α-hetero) is 3. The smallest absolute Gasteiger partial charge is 0.329 e. The van der Waals surface area contributed by atoms with Crippen molar-refractivity contribution in [3.05, 3.63) is 47.6 Å². The second kappa shape index (κ2) is 25.2. The Balaban J connectivity index is 1.70. The molecule has 0 aromatic rings. The molecule has 4 aliphatic rings. The van der Waals surface area contributed by atoms with Crippen molar-refractivity contribution in [2.45, 2.75) is 181 Å². The van der Waals surface area contributed by atoms with E-state index in [1.54, 1.807) is 41.1 Å². The second-order valence-electron chi connectivity index (χ2n) is 20.0. The van der Waals surface area contributed by atoms with E-state index in [9.17, 15) is 34.2 Å². The zero-order valence-electron chi connectivity index (χ0n) is 41.2. The van der Waals surface area contributed by atoms with Gasteiger partial charge in [0, 0.05) is 58.5 Å². The number of carbonyl (C=O) groups excluding carboxylic acids is 5. The molecule has 65 heavy (non-hydrogen) atoms. The van der Waals surface area contributed by atoms with E-state index < -0.39 is 77.8 Å². The summed E-state index contributed by atoms with van der Waals surface area (Å²) in [5.74, 6) is -7.07. The monoisotopic (exact) mass is 912 g/mol. The van der Waals surface area contributed by atoms with Gasteiger partial charge in [-0.1, -0.05) is 78.0 Å². The van der Waals surface area contributed by atoms with Gasteiger partial charge in [0.25, 0.3) is 11.7 Å². The molecule has 13 heteroatoms. The molecule has 0 spiro atoms. The molecular formula is C52H81NO12. The number of nitrogens with zero attached hydrogens (tertiary/aromatic N) is 1. The number of rotatable bonds is 6. The SMILES string of the molecule is CO[C@H]1C[C@@H]2CCC(C)[C@@](O)(O2)C(=O)C(=O)N2CCCC[C@H]2C(=O)O[C@H]([C@H](C)C[C@@H]2CC[C@H](C)[C@H](OC)C2)CC(=O)[C@H](C)/C=C(\C)[C@@H](O)[C@@H](OC)C(=O)[C@@H](C)CC(C)/C=C/C=C/C=C/1C. The van der Waals surface area contributed by atoms with Gasteiger partial charge in [-0.15, -0.1) is 0 Å². The summed E-state index contributed by atoms with van der Waals surface area (Å²) in [4.78, 5) is 71.9. The van der Waals surface area contributed by atoms with Gasteiger partial charge in [-0.3, -0.25) is 19.2 Å². The van der Waals surface area contributed by atoms with Gasteiger partial charge < -0.3 is 38.8 Å². The van der Waals surface area contributed by atoms with E-state index in [-0.39, 0.29) is 54.8 Å². The van der Waals surface area contributed by atoms with Gasteiger partial charge in [0.2, 0.25) is 5.79 Å². The van der Waals surface area contributed by atoms with E-state index in [0.29, 0.717) is 56.4 Å². The summed E-state index contributed by atoms with van der Waals surface area (Å²) in [5, 5.41) is 23.4. The summed E-state index contributed by atoms with van der Waals surface area (Å²) >= 11 is 0. The molecule has 3 fully saturated rings. The number of piperidine rings is 1. The number of cyclic esters (lactones) is 1. The minimum Gasteiger partial charge on any atom is -0.460 e. The first-order chi connectivity index (χ1) is 30.7. The average molecular weight is 912 g/mol. The summed E-state index contributed by atoms with van der Waals surface area (Å²) in [6, 6.07) is -1.11. The van der Waals surface area contributed by atoms with Crippen LogP contribution in [-0.2, 0) is 47.7 Å². The predicted octanol–water partition coefficient (Wildman–Crippen LogP) is 7.46. The van der Waals surface area contributed by atoms with Crippen LogP contribution in [0.5, 0.6) is 0 Å². The molecule has 2 saturated heterocycles. The van der Waals surface area contributed by atoms with Crippen LogP contribution in [0, 0.1) is 41.4 Å². The predicted molar refractivity (Wildman–Crippen MR) is 248 cm³/mol. The molecular weight excluding hydrogens is 831 g/mol. The largest absolute Gasteiger partial charge is 0.460 e. The molecule has 0 radical (unpaired) electrons. The summed E-state index contributed by atoms with van der Waals surface area (Å²) in [7, 11) is 4.70. The van der Waals surface area contributed by atoms with Crippen molar-refractivity contribution in [1.29, 1.82) is 0 Å². The number of esters is 1. The lowest BCUT2D eigenvalue weighted by atomic mass is 9.76. The van der Waals surface area contributed by atoms with Gasteiger partial charge in [0.1, 0.15) is 30.1 Å². The van der Waals surface area contributed by atoms with Crippen LogP contribution in [0.4, 0.5) is 0 Å². The number of fused-ring (bicyclic) bond motifs is 3. The Morgan fingerprint density at radius 2 is 1.57 bits per heavy atom. The minimum atomic E-state index is -2.41. The number of hydrogen-bond donors (Lipinski definition) is 2. The zero-order chi connectivity index (χ0) is 48.2. The maximum atomic E-state index is 14.4. The van der Waals surface area contributed by atoms with E-state index in [1.165, 1.54) is 12.0 Å². The van der Waals surface area contributed by atoms with Crippen molar-refractivity contribution in [3.8, 4) is 0 Å². The molecule has 15 atom stereocenters. The van der Waals surface area contributed by atoms with E-state index in [1.807, 2.05) is 58.1 Å². The molecule has 3 aliphatic heterocycles. The number of ether oxygens (including phenoxy) is 5. The third-order valence-corrected chi connectivity index (χ3v) is 14.8. The highest BCUT2D eigenvalue weighted by Crippen LogP contribution is 2.38. The molecule has 4 rings (SSSR count). The van der Waals surface area contributed by atoms with Crippen molar-refractivity contribution in [2.75, 3.05) is 27.9 Å². The fraction of sp³-hybridized carbons (Fsp3) is 0.750. The second-order valence-corrected chi connectivity index (χ2v) is 20.0. The van der Waals surface area contributed by atoms with E-state index in [2.05, 4.69) is 6.92 Å². The third kappa shape index (κ3) is 14.3. The Bertz CT molecular complexity index is 1750. The Hall–Kier alpha value is -3.33. The van der Waals surface area contributed by atoms with Gasteiger partial charge >= 0.3 is 5.97 Å². The van der Waals surface area contributed by atoms with Gasteiger partial charge in [0.15, 0.2) is 5.78 Å². The van der Waals surface area contributed by atoms with Gasteiger partial charge in [-0.25, -0.2) is 4.79 Å². The van der Waals surface area contributed by atoms with Crippen LogP contribution in [-0.4, -0.2) is 121 Å². The molecule has 1 saturated carbocycles. The highest BCUT2D eigenvalue weighted by atomic mass is 16.6. The Kier molecular flexibility index (Phi) is 21.0. The number of hydrogen-bond acceptors (Lipinski definition) is 12. The number of methoxy groups -OCH3 is 3. The van der Waals surface area contributed by atoms with E-state index in [0.717, 1.165) is 24.8 Å². The molecule has 2 N–H and O–H groups in total. The first-order valence-electron chi connectivity index (χ1n) is 24.2. The average Bonchev–Trinajstić information content (AvgIpc) is 3.28. The maximum Gasteiger partial charge on any atom is 0.329 e. The zero-order valence-corrected chi connectivity index (χ0v) is 41.2. The van der Waals surface area contributed by atoms with Crippen LogP contribution in [0.2, 0.25) is 0 Å². The van der Waals surface area contributed by atoms with Crippen LogP contribution in [0.1, 0.15) is 132 Å². The molecule has 1 amide bonds. The summed E-state index contributed by atoms with van der Waals surface area (Å²) in [6.45, 7) is 15.1. The van der Waals surface area contributed by atoms with Crippen LogP contribution >= 0.6 is 0 Å². The van der Waals surface area contributed by atoms with Crippen molar-refractivity contribution in [1.82, 2.24) is 4.90 Å². The highest BCUT2D eigenvalue weighted by Gasteiger charge is 2.53. The number of allylic oxidation sites excluding steroid dienone is 6. The van der Waals surface area contributed by atoms with Gasteiger partial charge in [-0.2, -0.15) is 0 Å². The summed E-state index contributed by atoms with van der Waals surface area (Å²) in [6.07, 6.45) is 13.6. The molecule has 0 aromatic carbocycles. The van der Waals surface area contributed by atoms with Crippen LogP contribution in [0.25, 0.3) is 0 Å². The normalized spacial score (nSPS) is 40.4. The number of carbonyl (C=O) groups is 5. The fourth-order valence-corrected chi connectivity index (χ4v) is 10.4. The first-order valence-corrected chi connectivity index (χ1v) is 24.2. The number of aliphatic hydroxyl groups is 2.